The molecule has 4 aromatic rings. The van der Waals surface area contributed by atoms with Gasteiger partial charge in [0.25, 0.3) is 11.8 Å². The Morgan fingerprint density at radius 1 is 1.12 bits per heavy atom. The van der Waals surface area contributed by atoms with Crippen molar-refractivity contribution in [2.75, 3.05) is 5.32 Å². The number of imidazole rings is 1. The van der Waals surface area contributed by atoms with Crippen molar-refractivity contribution in [2.45, 2.75) is 25.8 Å². The number of nitrogens with one attached hydrogen (secondary N) is 1. The predicted molar refractivity (Wildman–Crippen MR) is 120 cm³/mol. The maximum Gasteiger partial charge on any atom is 0.277 e. The largest absolute Gasteiger partial charge is 0.320 e. The first-order chi connectivity index (χ1) is 15.5. The number of pyridine rings is 1. The number of hydroxylamine groups is 2. The maximum atomic E-state index is 13.0. The summed E-state index contributed by atoms with van der Waals surface area (Å²) in [6.07, 6.45) is 4.78. The van der Waals surface area contributed by atoms with E-state index in [-0.39, 0.29) is 11.9 Å². The van der Waals surface area contributed by atoms with Gasteiger partial charge in [-0.05, 0) is 60.7 Å². The van der Waals surface area contributed by atoms with Gasteiger partial charge < -0.3 is 5.32 Å². The van der Waals surface area contributed by atoms with E-state index in [9.17, 15) is 14.8 Å². The van der Waals surface area contributed by atoms with Crippen molar-refractivity contribution in [1.29, 1.82) is 0 Å². The fraction of sp³-hybridized carbons (Fsp3) is 0.160. The number of hydrogen-bond donors (Lipinski definition) is 2. The lowest BCUT2D eigenvalue weighted by Gasteiger charge is -2.23. The van der Waals surface area contributed by atoms with E-state index in [0.29, 0.717) is 29.0 Å². The third-order valence-corrected chi connectivity index (χ3v) is 5.99. The van der Waals surface area contributed by atoms with E-state index in [0.717, 1.165) is 28.2 Å². The van der Waals surface area contributed by atoms with Crippen LogP contribution in [0.15, 0.2) is 73.1 Å². The van der Waals surface area contributed by atoms with Gasteiger partial charge in [0, 0.05) is 17.4 Å². The number of amides is 2. The first kappa shape index (κ1) is 20.0. The van der Waals surface area contributed by atoms with Crippen LogP contribution in [0.2, 0.25) is 0 Å². The van der Waals surface area contributed by atoms with Gasteiger partial charge in [0.1, 0.15) is 11.3 Å². The van der Waals surface area contributed by atoms with Crippen LogP contribution >= 0.6 is 0 Å². The van der Waals surface area contributed by atoms with Gasteiger partial charge in [-0.3, -0.25) is 19.2 Å². The van der Waals surface area contributed by atoms with Gasteiger partial charge in [-0.25, -0.2) is 10.0 Å². The molecule has 0 fully saturated rings. The van der Waals surface area contributed by atoms with Crippen molar-refractivity contribution in [3.8, 4) is 0 Å². The van der Waals surface area contributed by atoms with Crippen LogP contribution in [0.5, 0.6) is 0 Å². The lowest BCUT2D eigenvalue weighted by atomic mass is 10.1. The summed E-state index contributed by atoms with van der Waals surface area (Å²) in [7, 11) is 0. The van der Waals surface area contributed by atoms with Gasteiger partial charge >= 0.3 is 0 Å². The van der Waals surface area contributed by atoms with E-state index in [1.165, 1.54) is 6.20 Å². The molecule has 1 aliphatic carbocycles. The molecule has 2 aromatic heterocycles. The molecule has 5 rings (SSSR count). The number of fused-ring (bicyclic) bond motifs is 2. The van der Waals surface area contributed by atoms with Crippen LogP contribution in [-0.2, 0) is 6.42 Å². The lowest BCUT2D eigenvalue weighted by molar-refractivity contribution is -0.0895. The number of hydrogen-bond acceptors (Lipinski definition) is 4. The summed E-state index contributed by atoms with van der Waals surface area (Å²) in [5.74, 6) is -0.834. The molecular formula is C25H22N4O3. The molecule has 1 aliphatic rings. The molecule has 7 heteroatoms. The third kappa shape index (κ3) is 3.42. The molecule has 160 valence electrons. The van der Waals surface area contributed by atoms with Crippen molar-refractivity contribution in [2.24, 2.45) is 0 Å². The molecule has 2 heterocycles. The van der Waals surface area contributed by atoms with Gasteiger partial charge in [0.2, 0.25) is 0 Å². The van der Waals surface area contributed by atoms with Crippen LogP contribution in [-0.4, -0.2) is 31.5 Å². The third-order valence-electron chi connectivity index (χ3n) is 5.99. The minimum absolute atomic E-state index is 0.302. The Morgan fingerprint density at radius 2 is 1.94 bits per heavy atom. The number of benzene rings is 2. The van der Waals surface area contributed by atoms with Gasteiger partial charge in [0.15, 0.2) is 0 Å². The Labute approximate surface area is 184 Å². The highest BCUT2D eigenvalue weighted by molar-refractivity contribution is 6.05. The molecular weight excluding hydrogens is 404 g/mol. The molecule has 2 amide bonds. The SMILES string of the molecule is Cc1ccc(C(=O)N(O)C2CCc3ccccc32)cc1NC(=O)c1cnc2ccccn12. The summed E-state index contributed by atoms with van der Waals surface area (Å²) in [6.45, 7) is 1.85. The molecule has 1 atom stereocenters. The van der Waals surface area contributed by atoms with E-state index in [2.05, 4.69) is 10.3 Å². The standard InChI is InChI=1S/C25H22N4O3/c1-16-9-10-18(25(31)29(32)21-12-11-17-6-2-3-7-19(17)21)14-20(16)27-24(30)22-15-26-23-8-4-5-13-28(22)23/h2-10,13-15,21,32H,11-12H2,1H3,(H,27,30). The average Bonchev–Trinajstić information content (AvgIpc) is 3.44. The molecule has 0 bridgehead atoms. The average molecular weight is 426 g/mol. The molecule has 0 saturated carbocycles. The van der Waals surface area contributed by atoms with Gasteiger partial charge in [-0.15, -0.1) is 0 Å². The first-order valence-electron chi connectivity index (χ1n) is 10.5. The molecule has 2 N–H and O–H groups in total. The lowest BCUT2D eigenvalue weighted by Crippen LogP contribution is -2.31. The fourth-order valence-electron chi connectivity index (χ4n) is 4.24. The Bertz CT molecular complexity index is 1340. The van der Waals surface area contributed by atoms with Crippen molar-refractivity contribution in [3.63, 3.8) is 0 Å². The summed E-state index contributed by atoms with van der Waals surface area (Å²) >= 11 is 0. The normalized spacial score (nSPS) is 14.9. The number of rotatable bonds is 4. The smallest absolute Gasteiger partial charge is 0.277 e. The number of aromatic nitrogens is 2. The second-order valence-electron chi connectivity index (χ2n) is 7.96. The van der Waals surface area contributed by atoms with Gasteiger partial charge in [-0.1, -0.05) is 36.4 Å². The quantitative estimate of drug-likeness (QED) is 0.374. The number of carbonyl (C=O) groups is 2. The van der Waals surface area contributed by atoms with Crippen LogP contribution in [0.25, 0.3) is 5.65 Å². The zero-order valence-electron chi connectivity index (χ0n) is 17.5. The van der Waals surface area contributed by atoms with E-state index in [1.54, 1.807) is 28.8 Å². The number of anilines is 1. The van der Waals surface area contributed by atoms with Gasteiger partial charge in [0.05, 0.1) is 12.2 Å². The van der Waals surface area contributed by atoms with Crippen LogP contribution in [0.3, 0.4) is 0 Å². The number of nitrogens with zero attached hydrogens (tertiary/aromatic N) is 3. The monoisotopic (exact) mass is 426 g/mol. The summed E-state index contributed by atoms with van der Waals surface area (Å²) in [6, 6.07) is 18.0. The molecule has 0 saturated heterocycles. The van der Waals surface area contributed by atoms with Crippen LogP contribution in [0, 0.1) is 6.92 Å². The Hall–Kier alpha value is -3.97. The summed E-state index contributed by atoms with van der Waals surface area (Å²) in [5, 5.41) is 14.4. The van der Waals surface area contributed by atoms with Crippen molar-refractivity contribution in [1.82, 2.24) is 14.4 Å². The molecule has 0 aliphatic heterocycles. The summed E-state index contributed by atoms with van der Waals surface area (Å²) in [5.41, 5.74) is 4.79. The second-order valence-corrected chi connectivity index (χ2v) is 7.96. The van der Waals surface area contributed by atoms with Crippen LogP contribution < -0.4 is 5.32 Å². The number of aryl methyl sites for hydroxylation is 2. The predicted octanol–water partition coefficient (Wildman–Crippen LogP) is 4.41. The minimum Gasteiger partial charge on any atom is -0.320 e. The minimum atomic E-state index is -0.503. The van der Waals surface area contributed by atoms with Crippen molar-refractivity contribution >= 4 is 23.1 Å². The maximum absolute atomic E-state index is 13.0. The zero-order chi connectivity index (χ0) is 22.2. The Morgan fingerprint density at radius 3 is 2.81 bits per heavy atom. The second kappa shape index (κ2) is 7.94. The van der Waals surface area contributed by atoms with Crippen LogP contribution in [0.1, 0.15) is 50.0 Å². The summed E-state index contributed by atoms with van der Waals surface area (Å²) < 4.78 is 1.70. The van der Waals surface area contributed by atoms with E-state index in [1.807, 2.05) is 49.4 Å². The van der Waals surface area contributed by atoms with Crippen molar-refractivity contribution in [3.05, 3.63) is 101 Å². The topological polar surface area (TPSA) is 86.9 Å². The highest BCUT2D eigenvalue weighted by Crippen LogP contribution is 2.35. The molecule has 7 nitrogen and oxygen atoms in total. The van der Waals surface area contributed by atoms with E-state index in [4.69, 9.17) is 0 Å². The van der Waals surface area contributed by atoms with Crippen molar-refractivity contribution < 1.29 is 14.8 Å². The molecule has 2 aromatic carbocycles. The Balaban J connectivity index is 1.39. The fourth-order valence-corrected chi connectivity index (χ4v) is 4.24. The highest BCUT2D eigenvalue weighted by atomic mass is 16.5. The van der Waals surface area contributed by atoms with E-state index >= 15 is 0 Å². The highest BCUT2D eigenvalue weighted by Gasteiger charge is 2.31. The summed E-state index contributed by atoms with van der Waals surface area (Å²) in [4.78, 5) is 30.2. The molecule has 1 unspecified atom stereocenters. The van der Waals surface area contributed by atoms with E-state index < -0.39 is 5.91 Å². The zero-order valence-corrected chi connectivity index (χ0v) is 17.5. The molecule has 0 radical (unpaired) electrons. The van der Waals surface area contributed by atoms with Crippen LogP contribution in [0.4, 0.5) is 5.69 Å². The molecule has 0 spiro atoms. The first-order valence-corrected chi connectivity index (χ1v) is 10.5. The van der Waals surface area contributed by atoms with Gasteiger partial charge in [-0.2, -0.15) is 0 Å². The molecule has 32 heavy (non-hydrogen) atoms. The Kier molecular flexibility index (Phi) is 4.95. The number of carbonyl (C=O) groups excluding carboxylic acids is 2.